The molecule has 1 N–H and O–H groups in total. The average Bonchev–Trinajstić information content (AvgIpc) is 3.08. The molecule has 4 heteroatoms. The number of carbonyl (C=O) groups excluding carboxylic acids is 1. The summed E-state index contributed by atoms with van der Waals surface area (Å²) in [6.07, 6.45) is -0.411. The summed E-state index contributed by atoms with van der Waals surface area (Å²) in [6.45, 7) is 6.52. The highest BCUT2D eigenvalue weighted by Gasteiger charge is 2.55. The molecule has 0 amide bonds. The molecule has 4 nitrogen and oxygen atoms in total. The zero-order valence-electron chi connectivity index (χ0n) is 14.4. The van der Waals surface area contributed by atoms with Crippen LogP contribution in [0.3, 0.4) is 0 Å². The van der Waals surface area contributed by atoms with Crippen molar-refractivity contribution in [1.82, 2.24) is 0 Å². The molecule has 3 rings (SSSR count). The Morgan fingerprint density at radius 1 is 1.29 bits per heavy atom. The van der Waals surface area contributed by atoms with Gasteiger partial charge in [-0.25, -0.2) is 0 Å². The van der Waals surface area contributed by atoms with Crippen LogP contribution in [0.4, 0.5) is 0 Å². The van der Waals surface area contributed by atoms with Gasteiger partial charge in [-0.05, 0) is 20.8 Å². The molecule has 128 valence electrons. The number of Topliss-reactive ketones (excluding diaryl/α,β-unsaturated/α-hetero) is 1. The minimum Gasteiger partial charge on any atom is -0.373 e. The lowest BCUT2D eigenvalue weighted by Crippen LogP contribution is -2.42. The van der Waals surface area contributed by atoms with E-state index in [4.69, 9.17) is 9.47 Å². The van der Waals surface area contributed by atoms with E-state index in [0.717, 1.165) is 0 Å². The first-order chi connectivity index (χ1) is 11.3. The normalized spacial score (nSPS) is 32.1. The van der Waals surface area contributed by atoms with E-state index in [9.17, 15) is 9.90 Å². The van der Waals surface area contributed by atoms with Gasteiger partial charge in [0, 0.05) is 23.3 Å². The molecule has 0 spiro atoms. The molecule has 2 heterocycles. The van der Waals surface area contributed by atoms with E-state index in [1.54, 1.807) is 0 Å². The van der Waals surface area contributed by atoms with Crippen molar-refractivity contribution in [3.8, 4) is 11.8 Å². The average molecular weight is 328 g/mol. The maximum absolute atomic E-state index is 12.4. The number of fused-ring (bicyclic) bond motifs is 1. The first kappa shape index (κ1) is 17.2. The summed E-state index contributed by atoms with van der Waals surface area (Å²) in [5.41, 5.74) is -0.792. The van der Waals surface area contributed by atoms with Gasteiger partial charge in [0.25, 0.3) is 0 Å². The Balaban J connectivity index is 1.69. The van der Waals surface area contributed by atoms with Crippen LogP contribution in [0.25, 0.3) is 0 Å². The van der Waals surface area contributed by atoms with Crippen LogP contribution >= 0.6 is 0 Å². The van der Waals surface area contributed by atoms with Gasteiger partial charge in [0.05, 0.1) is 19.3 Å². The lowest BCUT2D eigenvalue weighted by molar-refractivity contribution is -0.0269. The third kappa shape index (κ3) is 3.54. The first-order valence-electron chi connectivity index (χ1n) is 8.37. The van der Waals surface area contributed by atoms with Crippen LogP contribution in [0.2, 0.25) is 0 Å². The summed E-state index contributed by atoms with van der Waals surface area (Å²) in [7, 11) is 0. The van der Waals surface area contributed by atoms with E-state index in [0.29, 0.717) is 18.6 Å². The summed E-state index contributed by atoms with van der Waals surface area (Å²) in [5.74, 6) is 6.04. The third-order valence-corrected chi connectivity index (χ3v) is 4.42. The van der Waals surface area contributed by atoms with Gasteiger partial charge in [0.2, 0.25) is 0 Å². The van der Waals surface area contributed by atoms with Gasteiger partial charge in [0.1, 0.15) is 6.10 Å². The Bertz CT molecular complexity index is 664. The SMILES string of the molecule is CC(C)(C)C#C[C@@]1(O)CO[C@@H]2[C@@H](CC(=O)c3ccccc3)CO[C@@H]21. The van der Waals surface area contributed by atoms with Crippen molar-refractivity contribution in [2.45, 2.75) is 45.0 Å². The number of aliphatic hydroxyl groups is 1. The zero-order valence-corrected chi connectivity index (χ0v) is 14.4. The van der Waals surface area contributed by atoms with E-state index in [1.807, 2.05) is 51.1 Å². The second-order valence-corrected chi connectivity index (χ2v) is 7.71. The predicted molar refractivity (Wildman–Crippen MR) is 90.5 cm³/mol. The third-order valence-electron chi connectivity index (χ3n) is 4.42. The lowest BCUT2D eigenvalue weighted by Gasteiger charge is -2.21. The molecule has 4 atom stereocenters. The van der Waals surface area contributed by atoms with Crippen LogP contribution in [0.1, 0.15) is 37.6 Å². The topological polar surface area (TPSA) is 55.8 Å². The molecule has 0 saturated carbocycles. The monoisotopic (exact) mass is 328 g/mol. The number of rotatable bonds is 3. The van der Waals surface area contributed by atoms with Crippen molar-refractivity contribution in [3.05, 3.63) is 35.9 Å². The van der Waals surface area contributed by atoms with Gasteiger partial charge in [-0.2, -0.15) is 0 Å². The van der Waals surface area contributed by atoms with Crippen molar-refractivity contribution in [2.24, 2.45) is 11.3 Å². The van der Waals surface area contributed by atoms with E-state index < -0.39 is 11.7 Å². The molecule has 2 aliphatic rings. The maximum Gasteiger partial charge on any atom is 0.177 e. The Hall–Kier alpha value is -1.67. The molecule has 2 fully saturated rings. The van der Waals surface area contributed by atoms with Crippen LogP contribution in [0, 0.1) is 23.2 Å². The highest BCUT2D eigenvalue weighted by atomic mass is 16.6. The number of ketones is 1. The molecule has 1 aromatic rings. The first-order valence-corrected chi connectivity index (χ1v) is 8.37. The molecule has 24 heavy (non-hydrogen) atoms. The summed E-state index contributed by atoms with van der Waals surface area (Å²) in [4.78, 5) is 12.4. The molecule has 2 saturated heterocycles. The lowest BCUT2D eigenvalue weighted by atomic mass is 9.88. The molecule has 0 aromatic heterocycles. The van der Waals surface area contributed by atoms with Crippen molar-refractivity contribution in [3.63, 3.8) is 0 Å². The van der Waals surface area contributed by atoms with Gasteiger partial charge in [-0.3, -0.25) is 4.79 Å². The highest BCUT2D eigenvalue weighted by Crippen LogP contribution is 2.39. The molecule has 0 radical (unpaired) electrons. The van der Waals surface area contributed by atoms with Gasteiger partial charge in [0.15, 0.2) is 11.4 Å². The molecule has 0 aliphatic carbocycles. The minimum absolute atomic E-state index is 0.0480. The standard InChI is InChI=1S/C20H24O4/c1-19(2,3)9-10-20(22)13-24-17-15(12-23-18(17)20)11-16(21)14-7-5-4-6-8-14/h4-8,15,17-18,22H,11-13H2,1-3H3/t15-,17+,18-,20+/m0/s1. The van der Waals surface area contributed by atoms with E-state index in [1.165, 1.54) is 0 Å². The van der Waals surface area contributed by atoms with Crippen molar-refractivity contribution < 1.29 is 19.4 Å². The van der Waals surface area contributed by atoms with Crippen LogP contribution in [0.5, 0.6) is 0 Å². The van der Waals surface area contributed by atoms with E-state index in [2.05, 4.69) is 11.8 Å². The fourth-order valence-electron chi connectivity index (χ4n) is 3.16. The van der Waals surface area contributed by atoms with Crippen LogP contribution in [-0.2, 0) is 9.47 Å². The van der Waals surface area contributed by atoms with Crippen LogP contribution < -0.4 is 0 Å². The van der Waals surface area contributed by atoms with Crippen molar-refractivity contribution >= 4 is 5.78 Å². The Kier molecular flexibility index (Phi) is 4.52. The molecule has 1 aromatic carbocycles. The van der Waals surface area contributed by atoms with Gasteiger partial charge < -0.3 is 14.6 Å². The number of hydrogen-bond acceptors (Lipinski definition) is 4. The maximum atomic E-state index is 12.4. The molecule has 0 bridgehead atoms. The second-order valence-electron chi connectivity index (χ2n) is 7.71. The smallest absolute Gasteiger partial charge is 0.177 e. The predicted octanol–water partition coefficient (Wildman–Crippen LogP) is 2.45. The highest BCUT2D eigenvalue weighted by molar-refractivity contribution is 5.96. The van der Waals surface area contributed by atoms with Crippen molar-refractivity contribution in [2.75, 3.05) is 13.2 Å². The van der Waals surface area contributed by atoms with Crippen LogP contribution in [0.15, 0.2) is 30.3 Å². The number of benzene rings is 1. The van der Waals surface area contributed by atoms with E-state index >= 15 is 0 Å². The quantitative estimate of drug-likeness (QED) is 0.684. The fourth-order valence-corrected chi connectivity index (χ4v) is 3.16. The molecular formula is C20H24O4. The van der Waals surface area contributed by atoms with Crippen molar-refractivity contribution in [1.29, 1.82) is 0 Å². The van der Waals surface area contributed by atoms with Gasteiger partial charge in [-0.15, -0.1) is 0 Å². The number of carbonyl (C=O) groups is 1. The molecule has 0 unspecified atom stereocenters. The van der Waals surface area contributed by atoms with Crippen LogP contribution in [-0.4, -0.2) is 41.9 Å². The number of hydrogen-bond donors (Lipinski definition) is 1. The minimum atomic E-state index is -1.29. The molecular weight excluding hydrogens is 304 g/mol. The Morgan fingerprint density at radius 2 is 2.00 bits per heavy atom. The Morgan fingerprint density at radius 3 is 2.67 bits per heavy atom. The Labute approximate surface area is 143 Å². The number of ether oxygens (including phenoxy) is 2. The summed E-state index contributed by atoms with van der Waals surface area (Å²) < 4.78 is 11.6. The molecule has 2 aliphatic heterocycles. The summed E-state index contributed by atoms with van der Waals surface area (Å²) in [5, 5.41) is 10.8. The van der Waals surface area contributed by atoms with E-state index in [-0.39, 0.29) is 29.8 Å². The largest absolute Gasteiger partial charge is 0.373 e. The van der Waals surface area contributed by atoms with Gasteiger partial charge in [-0.1, -0.05) is 42.2 Å². The second kappa shape index (κ2) is 6.33. The summed E-state index contributed by atoms with van der Waals surface area (Å²) >= 11 is 0. The summed E-state index contributed by atoms with van der Waals surface area (Å²) in [6, 6.07) is 9.23. The fraction of sp³-hybridized carbons (Fsp3) is 0.550. The zero-order chi connectivity index (χ0) is 17.4. The van der Waals surface area contributed by atoms with Gasteiger partial charge >= 0.3 is 0 Å².